The summed E-state index contributed by atoms with van der Waals surface area (Å²) >= 11 is -2.34. The van der Waals surface area contributed by atoms with Gasteiger partial charge in [-0.05, 0) is 6.92 Å². The van der Waals surface area contributed by atoms with Crippen molar-refractivity contribution in [3.8, 4) is 0 Å². The Labute approximate surface area is 60.8 Å². The molecule has 0 saturated heterocycles. The van der Waals surface area contributed by atoms with Crippen LogP contribution in [0.3, 0.4) is 0 Å². The SMILES string of the molecule is CC(=CS(=O)O)S(=O)(=O)O. The summed E-state index contributed by atoms with van der Waals surface area (Å²) < 4.78 is 46.4. The summed E-state index contributed by atoms with van der Waals surface area (Å²) in [4.78, 5) is -0.534. The molecule has 0 aliphatic heterocycles. The van der Waals surface area contributed by atoms with Crippen molar-refractivity contribution in [3.05, 3.63) is 10.3 Å². The number of rotatable bonds is 2. The van der Waals surface area contributed by atoms with E-state index in [0.29, 0.717) is 5.41 Å². The largest absolute Gasteiger partial charge is 0.303 e. The lowest BCUT2D eigenvalue weighted by Crippen LogP contribution is -1.99. The van der Waals surface area contributed by atoms with Gasteiger partial charge in [-0.15, -0.1) is 0 Å². The first-order chi connectivity index (χ1) is 4.34. The van der Waals surface area contributed by atoms with Crippen LogP contribution in [0.25, 0.3) is 0 Å². The second kappa shape index (κ2) is 3.24. The van der Waals surface area contributed by atoms with Crippen LogP contribution in [0, 0.1) is 0 Å². The Morgan fingerprint density at radius 2 is 2.00 bits per heavy atom. The number of hydrogen-bond acceptors (Lipinski definition) is 3. The van der Waals surface area contributed by atoms with Crippen molar-refractivity contribution in [2.24, 2.45) is 0 Å². The van der Waals surface area contributed by atoms with Crippen LogP contribution >= 0.6 is 0 Å². The minimum atomic E-state index is -4.29. The highest BCUT2D eigenvalue weighted by atomic mass is 32.2. The van der Waals surface area contributed by atoms with Gasteiger partial charge in [0.2, 0.25) is 0 Å². The molecule has 0 heterocycles. The first-order valence-electron chi connectivity index (χ1n) is 2.09. The van der Waals surface area contributed by atoms with Crippen LogP contribution in [0.4, 0.5) is 0 Å². The molecule has 2 N–H and O–H groups in total. The normalized spacial score (nSPS) is 16.9. The van der Waals surface area contributed by atoms with Crippen molar-refractivity contribution in [1.29, 1.82) is 0 Å². The van der Waals surface area contributed by atoms with Gasteiger partial charge >= 0.3 is 0 Å². The first kappa shape index (κ1) is 9.76. The van der Waals surface area contributed by atoms with Crippen molar-refractivity contribution in [1.82, 2.24) is 0 Å². The zero-order chi connectivity index (χ0) is 8.36. The average molecular weight is 186 g/mol. The van der Waals surface area contributed by atoms with Crippen LogP contribution < -0.4 is 0 Å². The zero-order valence-electron chi connectivity index (χ0n) is 5.01. The highest BCUT2D eigenvalue weighted by Gasteiger charge is 2.07. The molecule has 0 fully saturated rings. The van der Waals surface area contributed by atoms with Gasteiger partial charge in [0.1, 0.15) is 0 Å². The van der Waals surface area contributed by atoms with E-state index in [0.717, 1.165) is 6.92 Å². The zero-order valence-corrected chi connectivity index (χ0v) is 6.65. The Hall–Kier alpha value is -0.240. The third-order valence-electron chi connectivity index (χ3n) is 0.674. The van der Waals surface area contributed by atoms with E-state index in [1.54, 1.807) is 0 Å². The monoisotopic (exact) mass is 186 g/mol. The molecule has 0 bridgehead atoms. The van der Waals surface area contributed by atoms with Gasteiger partial charge in [0.25, 0.3) is 10.1 Å². The van der Waals surface area contributed by atoms with Gasteiger partial charge in [-0.2, -0.15) is 8.42 Å². The molecule has 0 rings (SSSR count). The van der Waals surface area contributed by atoms with E-state index in [9.17, 15) is 12.6 Å². The lowest BCUT2D eigenvalue weighted by molar-refractivity contribution is 0.490. The van der Waals surface area contributed by atoms with E-state index in [-0.39, 0.29) is 0 Å². The number of allylic oxidation sites excluding steroid dienone is 1. The van der Waals surface area contributed by atoms with E-state index in [4.69, 9.17) is 9.11 Å². The molecule has 0 aliphatic rings. The molecular formula is C3H6O5S2. The molecule has 60 valence electrons. The van der Waals surface area contributed by atoms with Crippen molar-refractivity contribution < 1.29 is 21.7 Å². The molecule has 0 aromatic heterocycles. The summed E-state index contributed by atoms with van der Waals surface area (Å²) in [5.41, 5.74) is 0. The summed E-state index contributed by atoms with van der Waals surface area (Å²) in [5, 5.41) is 0.523. The number of hydrogen-bond donors (Lipinski definition) is 2. The minimum Gasteiger partial charge on any atom is -0.303 e. The summed E-state index contributed by atoms with van der Waals surface area (Å²) in [6, 6.07) is 0. The Morgan fingerprint density at radius 1 is 1.60 bits per heavy atom. The second-order valence-corrected chi connectivity index (χ2v) is 3.86. The van der Waals surface area contributed by atoms with Crippen molar-refractivity contribution in [3.63, 3.8) is 0 Å². The molecule has 0 spiro atoms. The Balaban J connectivity index is 4.70. The van der Waals surface area contributed by atoms with Crippen LogP contribution in [0.15, 0.2) is 10.3 Å². The Morgan fingerprint density at radius 3 is 2.10 bits per heavy atom. The molecule has 0 amide bonds. The maximum absolute atomic E-state index is 10.1. The van der Waals surface area contributed by atoms with E-state index >= 15 is 0 Å². The summed E-state index contributed by atoms with van der Waals surface area (Å²) in [5.74, 6) is 0. The molecule has 0 saturated carbocycles. The minimum absolute atomic E-state index is 0.523. The van der Waals surface area contributed by atoms with Crippen molar-refractivity contribution in [2.75, 3.05) is 0 Å². The van der Waals surface area contributed by atoms with Gasteiger partial charge in [0.15, 0.2) is 11.1 Å². The molecule has 1 atom stereocenters. The fraction of sp³-hybridized carbons (Fsp3) is 0.333. The predicted octanol–water partition coefficient (Wildman–Crippen LogP) is -0.0428. The molecule has 0 aliphatic carbocycles. The lowest BCUT2D eigenvalue weighted by atomic mass is 10.8. The van der Waals surface area contributed by atoms with Gasteiger partial charge in [-0.3, -0.25) is 4.55 Å². The first-order valence-corrected chi connectivity index (χ1v) is 4.70. The summed E-state index contributed by atoms with van der Waals surface area (Å²) in [6.45, 7) is 1.02. The van der Waals surface area contributed by atoms with E-state index in [1.807, 2.05) is 0 Å². The van der Waals surface area contributed by atoms with Crippen LogP contribution in [-0.4, -0.2) is 21.7 Å². The molecule has 1 unspecified atom stereocenters. The van der Waals surface area contributed by atoms with E-state index in [2.05, 4.69) is 0 Å². The van der Waals surface area contributed by atoms with E-state index < -0.39 is 26.1 Å². The van der Waals surface area contributed by atoms with Gasteiger partial charge in [0, 0.05) is 5.41 Å². The summed E-state index contributed by atoms with van der Waals surface area (Å²) in [7, 11) is -4.29. The third kappa shape index (κ3) is 3.72. The standard InChI is InChI=1S/C3H6O5S2/c1-3(2-9(4)5)10(6,7)8/h2H,1H3,(H,4,5)(H,6,7,8). The van der Waals surface area contributed by atoms with E-state index in [1.165, 1.54) is 0 Å². The average Bonchev–Trinajstić information content (AvgIpc) is 1.60. The van der Waals surface area contributed by atoms with Crippen LogP contribution in [0.1, 0.15) is 6.92 Å². The quantitative estimate of drug-likeness (QED) is 0.466. The fourth-order valence-electron chi connectivity index (χ4n) is 0.203. The molecular weight excluding hydrogens is 180 g/mol. The summed E-state index contributed by atoms with van der Waals surface area (Å²) in [6.07, 6.45) is 0. The van der Waals surface area contributed by atoms with Gasteiger partial charge in [-0.25, -0.2) is 4.21 Å². The molecule has 5 nitrogen and oxygen atoms in total. The van der Waals surface area contributed by atoms with Crippen LogP contribution in [0.2, 0.25) is 0 Å². The second-order valence-electron chi connectivity index (χ2n) is 1.48. The third-order valence-corrected chi connectivity index (χ3v) is 2.31. The van der Waals surface area contributed by atoms with Gasteiger partial charge < -0.3 is 4.55 Å². The topological polar surface area (TPSA) is 91.7 Å². The highest BCUT2D eigenvalue weighted by Crippen LogP contribution is 2.01. The van der Waals surface area contributed by atoms with Gasteiger partial charge in [-0.1, -0.05) is 0 Å². The van der Waals surface area contributed by atoms with Crippen LogP contribution in [0.5, 0.6) is 0 Å². The van der Waals surface area contributed by atoms with Crippen LogP contribution in [-0.2, 0) is 21.2 Å². The molecule has 7 heteroatoms. The Bertz CT molecular complexity index is 261. The van der Waals surface area contributed by atoms with Crippen molar-refractivity contribution in [2.45, 2.75) is 6.92 Å². The molecule has 10 heavy (non-hydrogen) atoms. The maximum atomic E-state index is 10.1. The van der Waals surface area contributed by atoms with Crippen molar-refractivity contribution >= 4 is 21.2 Å². The Kier molecular flexibility index (Phi) is 3.16. The predicted molar refractivity (Wildman–Crippen MR) is 36.1 cm³/mol. The molecule has 0 radical (unpaired) electrons. The smallest absolute Gasteiger partial charge is 0.291 e. The molecule has 0 aromatic rings. The maximum Gasteiger partial charge on any atom is 0.291 e. The lowest BCUT2D eigenvalue weighted by Gasteiger charge is -1.91. The molecule has 0 aromatic carbocycles. The highest BCUT2D eigenvalue weighted by molar-refractivity contribution is 7.91. The van der Waals surface area contributed by atoms with Gasteiger partial charge in [0.05, 0.1) is 4.91 Å². The fourth-order valence-corrected chi connectivity index (χ4v) is 1.22.